The summed E-state index contributed by atoms with van der Waals surface area (Å²) >= 11 is 0. The van der Waals surface area contributed by atoms with E-state index in [1.165, 1.54) is 9.36 Å². The number of rotatable bonds is 40. The van der Waals surface area contributed by atoms with Gasteiger partial charge in [-0.2, -0.15) is 23.7 Å². The molecule has 0 aliphatic rings. The molecule has 0 saturated heterocycles. The molecule has 3 rings (SSSR count). The fourth-order valence-corrected chi connectivity index (χ4v) is 5.20. The second-order valence-electron chi connectivity index (χ2n) is 14.1. The second-order valence-corrected chi connectivity index (χ2v) is 15.7. The standard InChI is InChI=1S/C13H22N4O6.C12H21N5O6.C10H22O6S.C4H4N4O3.H2/c1-2-4-21-6-8-23-9-7-22-5-3-16-10-11(17(19)20)12(15-16)13(14)18;13-1-3-21-5-7-23-8-6-22-4-2-16-9-10(17(19)20)11(15-16)12(14)18;1-3-4-13-5-6-14-7-8-15-9-10-16-17(2,11)12;5-4(9)3-2(8(10)11)1-6-7-3;/h10H,2-9H2,1H3,(H2,14,18);9H,1-8,13H2,(H2,14,18);3-10H2,1-2H3;1H,(H2,5,9)(H,6,7);1H. The number of amides is 3. The highest BCUT2D eigenvalue weighted by Crippen LogP contribution is 2.17. The van der Waals surface area contributed by atoms with Crippen LogP contribution in [-0.2, 0) is 70.0 Å². The van der Waals surface area contributed by atoms with Crippen LogP contribution in [0.5, 0.6) is 0 Å². The van der Waals surface area contributed by atoms with Crippen molar-refractivity contribution in [2.45, 2.75) is 39.8 Å². The fourth-order valence-electron chi connectivity index (χ4n) is 4.83. The Bertz CT molecular complexity index is 1980. The molecule has 0 unspecified atom stereocenters. The molecule has 0 aliphatic carbocycles. The Hall–Kier alpha value is -6.25. The van der Waals surface area contributed by atoms with Crippen LogP contribution in [0.25, 0.3) is 0 Å². The zero-order valence-corrected chi connectivity index (χ0v) is 42.4. The fraction of sp³-hybridized carbons (Fsp3) is 0.692. The zero-order chi connectivity index (χ0) is 55.6. The predicted octanol–water partition coefficient (Wildman–Crippen LogP) is -0.666. The summed E-state index contributed by atoms with van der Waals surface area (Å²) < 4.78 is 75.2. The van der Waals surface area contributed by atoms with Crippen molar-refractivity contribution in [2.24, 2.45) is 22.9 Å². The van der Waals surface area contributed by atoms with Crippen LogP contribution in [0.1, 0.15) is 59.6 Å². The Morgan fingerprint density at radius 3 is 1.15 bits per heavy atom. The number of nitrogens with zero attached hydrogens (tertiary/aromatic N) is 8. The maximum absolute atomic E-state index is 11.1. The van der Waals surface area contributed by atoms with Gasteiger partial charge in [0, 0.05) is 21.2 Å². The van der Waals surface area contributed by atoms with Gasteiger partial charge in [0.05, 0.1) is 146 Å². The van der Waals surface area contributed by atoms with Gasteiger partial charge in [-0.3, -0.25) is 63.4 Å². The predicted molar refractivity (Wildman–Crippen MR) is 258 cm³/mol. The van der Waals surface area contributed by atoms with Crippen molar-refractivity contribution in [3.8, 4) is 0 Å². The normalized spacial score (nSPS) is 10.9. The van der Waals surface area contributed by atoms with Crippen molar-refractivity contribution >= 4 is 44.9 Å². The van der Waals surface area contributed by atoms with Crippen LogP contribution in [0.3, 0.4) is 0 Å². The zero-order valence-electron chi connectivity index (χ0n) is 41.6. The molecular weight excluding hydrogens is 1020 g/mol. The smallest absolute Gasteiger partial charge is 0.320 e. The van der Waals surface area contributed by atoms with Gasteiger partial charge in [0.25, 0.3) is 27.8 Å². The van der Waals surface area contributed by atoms with Crippen molar-refractivity contribution in [3.63, 3.8) is 0 Å². The number of nitrogens with one attached hydrogen (secondary N) is 1. The first kappa shape index (κ1) is 67.8. The molecule has 3 aromatic heterocycles. The topological polar surface area (TPSA) is 475 Å². The van der Waals surface area contributed by atoms with Crippen LogP contribution >= 0.6 is 0 Å². The molecule has 424 valence electrons. The van der Waals surface area contributed by atoms with Crippen molar-refractivity contribution in [2.75, 3.05) is 138 Å². The third-order valence-corrected chi connectivity index (χ3v) is 8.65. The average molecular weight is 1090 g/mol. The first-order valence-electron chi connectivity index (χ1n) is 22.6. The van der Waals surface area contributed by atoms with E-state index in [4.69, 9.17) is 65.6 Å². The molecular formula is C39H71N13O21S. The maximum Gasteiger partial charge on any atom is 0.320 e. The van der Waals surface area contributed by atoms with Crippen molar-refractivity contribution in [3.05, 3.63) is 66.0 Å². The molecule has 9 N–H and O–H groups in total. The maximum atomic E-state index is 11.1. The van der Waals surface area contributed by atoms with Crippen LogP contribution in [-0.4, -0.2) is 209 Å². The molecule has 0 spiro atoms. The molecule has 74 heavy (non-hydrogen) atoms. The quantitative estimate of drug-likeness (QED) is 0.0204. The number of ether oxygens (including phenoxy) is 9. The Kier molecular flexibility index (Phi) is 38.6. The van der Waals surface area contributed by atoms with Gasteiger partial charge in [-0.15, -0.1) is 0 Å². The van der Waals surface area contributed by atoms with Crippen LogP contribution in [0, 0.1) is 30.3 Å². The number of nitro groups is 3. The first-order valence-corrected chi connectivity index (χ1v) is 24.4. The summed E-state index contributed by atoms with van der Waals surface area (Å²) in [5.41, 5.74) is 17.9. The molecule has 0 radical (unpaired) electrons. The van der Waals surface area contributed by atoms with Crippen molar-refractivity contribution in [1.29, 1.82) is 0 Å². The largest absolute Gasteiger partial charge is 0.379 e. The third kappa shape index (κ3) is 34.2. The minimum Gasteiger partial charge on any atom is -0.379 e. The monoisotopic (exact) mass is 1090 g/mol. The van der Waals surface area contributed by atoms with Gasteiger partial charge in [0.2, 0.25) is 17.1 Å². The van der Waals surface area contributed by atoms with Gasteiger partial charge in [-0.05, 0) is 12.8 Å². The molecule has 3 amide bonds. The summed E-state index contributed by atoms with van der Waals surface area (Å²) in [6.07, 6.45) is 6.22. The van der Waals surface area contributed by atoms with Gasteiger partial charge in [-0.1, -0.05) is 13.8 Å². The number of carbonyl (C=O) groups is 3. The molecule has 0 atom stereocenters. The number of hydrogen-bond acceptors (Lipinski definition) is 25. The van der Waals surface area contributed by atoms with Gasteiger partial charge < -0.3 is 65.6 Å². The van der Waals surface area contributed by atoms with E-state index >= 15 is 0 Å². The van der Waals surface area contributed by atoms with E-state index < -0.39 is 59.7 Å². The Morgan fingerprint density at radius 2 is 0.878 bits per heavy atom. The van der Waals surface area contributed by atoms with Crippen LogP contribution in [0.2, 0.25) is 0 Å². The van der Waals surface area contributed by atoms with Crippen molar-refractivity contribution in [1.82, 2.24) is 29.8 Å². The molecule has 35 heteroatoms. The molecule has 0 aromatic carbocycles. The lowest BCUT2D eigenvalue weighted by atomic mass is 10.4. The molecule has 0 aliphatic heterocycles. The highest BCUT2D eigenvalue weighted by Gasteiger charge is 2.25. The number of carbonyl (C=O) groups excluding carboxylic acids is 3. The number of hydrogen-bond donors (Lipinski definition) is 5. The minimum absolute atomic E-state index is 0. The molecule has 34 nitrogen and oxygen atoms in total. The molecule has 0 fully saturated rings. The lowest BCUT2D eigenvalue weighted by molar-refractivity contribution is -0.385. The highest BCUT2D eigenvalue weighted by molar-refractivity contribution is 7.85. The minimum atomic E-state index is -3.36. The number of nitrogens with two attached hydrogens (primary N) is 4. The van der Waals surface area contributed by atoms with E-state index in [1.807, 2.05) is 13.8 Å². The summed E-state index contributed by atoms with van der Waals surface area (Å²) in [6, 6.07) is 0. The van der Waals surface area contributed by atoms with E-state index in [1.54, 1.807) is 0 Å². The molecule has 3 aromatic rings. The van der Waals surface area contributed by atoms with Gasteiger partial charge in [-0.25, -0.2) is 0 Å². The summed E-state index contributed by atoms with van der Waals surface area (Å²) in [4.78, 5) is 62.1. The summed E-state index contributed by atoms with van der Waals surface area (Å²) in [6.45, 7) is 13.5. The molecule has 0 bridgehead atoms. The number of primary amides is 3. The second kappa shape index (κ2) is 42.1. The average Bonchev–Trinajstić information content (AvgIpc) is 4.13. The Morgan fingerprint density at radius 1 is 0.554 bits per heavy atom. The Labute approximate surface area is 426 Å². The van der Waals surface area contributed by atoms with Crippen LogP contribution < -0.4 is 22.9 Å². The summed E-state index contributed by atoms with van der Waals surface area (Å²) in [7, 11) is -3.36. The van der Waals surface area contributed by atoms with E-state index in [2.05, 4.69) is 24.6 Å². The summed E-state index contributed by atoms with van der Waals surface area (Å²) in [5, 5.41) is 44.6. The molecule has 0 saturated carbocycles. The van der Waals surface area contributed by atoms with Gasteiger partial charge in [0.15, 0.2) is 0 Å². The number of aromatic nitrogens is 6. The lowest BCUT2D eigenvalue weighted by Gasteiger charge is -2.06. The van der Waals surface area contributed by atoms with Crippen molar-refractivity contribution < 1.29 is 85.8 Å². The lowest BCUT2D eigenvalue weighted by Crippen LogP contribution is -2.15. The highest BCUT2D eigenvalue weighted by atomic mass is 32.2. The Balaban J connectivity index is 0. The van der Waals surface area contributed by atoms with E-state index in [9.17, 15) is 53.1 Å². The van der Waals surface area contributed by atoms with E-state index in [-0.39, 0.29) is 58.0 Å². The SMILES string of the molecule is CCCOCCOCCOCCOS(C)(=O)=O.CCCOCCOCCOCCn1cc([N+](=O)[O-])c(C(N)=O)n1.NC(=O)c1[nH]ncc1[N+](=O)[O-].NCCOCCOCCOCCn1cc([N+](=O)[O-])c(C(N)=O)n1.[HH]. The van der Waals surface area contributed by atoms with Gasteiger partial charge >= 0.3 is 17.1 Å². The summed E-state index contributed by atoms with van der Waals surface area (Å²) in [5.74, 6) is -2.77. The number of H-pyrrole nitrogens is 1. The van der Waals surface area contributed by atoms with E-state index in [0.717, 1.165) is 50.9 Å². The molecule has 3 heterocycles. The number of aromatic amines is 1. The third-order valence-electron chi connectivity index (χ3n) is 8.05. The van der Waals surface area contributed by atoms with Gasteiger partial charge in [0.1, 0.15) is 18.6 Å². The van der Waals surface area contributed by atoms with Crippen LogP contribution in [0.4, 0.5) is 17.1 Å². The van der Waals surface area contributed by atoms with Crippen LogP contribution in [0.15, 0.2) is 18.6 Å². The first-order chi connectivity index (χ1) is 35.3. The van der Waals surface area contributed by atoms with E-state index in [0.29, 0.717) is 92.4 Å².